The molecule has 2 saturated heterocycles. The largest absolute Gasteiger partial charge is 0.386 e. The van der Waals surface area contributed by atoms with Gasteiger partial charge in [0, 0.05) is 18.7 Å². The maximum atomic E-state index is 16.2. The van der Waals surface area contributed by atoms with Crippen LogP contribution >= 0.6 is 49.9 Å². The Morgan fingerprint density at radius 1 is 1.29 bits per heavy atom. The van der Waals surface area contributed by atoms with E-state index in [4.69, 9.17) is 29.8 Å². The molecule has 7 atom stereocenters. The number of aromatic nitrogens is 7. The molecule has 0 radical (unpaired) electrons. The van der Waals surface area contributed by atoms with Crippen molar-refractivity contribution < 1.29 is 36.7 Å². The number of hydrazine groups is 2. The van der Waals surface area contributed by atoms with Gasteiger partial charge in [-0.2, -0.15) is 4.98 Å². The Bertz CT molecular complexity index is 1770. The molecule has 0 amide bonds. The number of nitrogen functional groups attached to an aromatic ring is 2. The van der Waals surface area contributed by atoms with Gasteiger partial charge in [0.25, 0.3) is 5.56 Å². The van der Waals surface area contributed by atoms with Gasteiger partial charge in [-0.15, -0.1) is 22.0 Å². The number of anilines is 4. The monoisotopic (exact) mass is 728 g/mol. The number of halogens is 1. The number of rotatable bonds is 10. The highest BCUT2D eigenvalue weighted by atomic mass is 32.7. The Labute approximate surface area is 267 Å². The zero-order chi connectivity index (χ0) is 32.3. The summed E-state index contributed by atoms with van der Waals surface area (Å²) in [5.74, 6) is -1.89. The summed E-state index contributed by atoms with van der Waals surface area (Å²) in [7, 11) is 1.57. The first-order chi connectivity index (χ1) is 21.1. The molecule has 2 unspecified atom stereocenters. The van der Waals surface area contributed by atoms with Gasteiger partial charge in [0.1, 0.15) is 30.1 Å². The maximum absolute atomic E-state index is 16.2. The summed E-state index contributed by atoms with van der Waals surface area (Å²) in [6.45, 7) is -9.21. The third-order valence-electron chi connectivity index (χ3n) is 6.95. The standard InChI is InChI=1S/C19H27FN12O8P2S3/c1-30-28-11-13(21)23-7-24-14(11)32(30)19(20)3-8(37-6-19)4-39-42(36,44)40-10-2-9(5-38-41(34,35)43)45-17(10)31-15-12(27-29-31)16(33)26-18(22)25-15/h7-10,17,28H,2-6H2,1H3,(H,36,44)(H2,21,23,24)(H2,34,35,43)(H3,22,25,26,33)/t8-,9-,10+,17+,19+,42?/m0/s1. The van der Waals surface area contributed by atoms with Crippen molar-refractivity contribution in [3.8, 4) is 0 Å². The van der Waals surface area contributed by atoms with Crippen molar-refractivity contribution in [2.75, 3.05) is 48.8 Å². The van der Waals surface area contributed by atoms with Crippen LogP contribution in [0, 0.1) is 0 Å². The zero-order valence-corrected chi connectivity index (χ0v) is 27.4. The number of hydrogen-bond donors (Lipinski definition) is 7. The number of nitrogens with two attached hydrogens (primary N) is 2. The molecule has 2 fully saturated rings. The Balaban J connectivity index is 1.15. The highest BCUT2D eigenvalue weighted by Gasteiger charge is 2.52. The van der Waals surface area contributed by atoms with Crippen LogP contribution in [0.5, 0.6) is 0 Å². The van der Waals surface area contributed by atoms with Crippen LogP contribution in [0.25, 0.3) is 11.2 Å². The summed E-state index contributed by atoms with van der Waals surface area (Å²) in [4.78, 5) is 36.2. The van der Waals surface area contributed by atoms with Gasteiger partial charge in [-0.25, -0.2) is 33.2 Å². The van der Waals surface area contributed by atoms with E-state index in [-0.39, 0.29) is 61.4 Å². The van der Waals surface area contributed by atoms with Crippen LogP contribution in [-0.2, 0) is 27.4 Å². The van der Waals surface area contributed by atoms with E-state index in [0.29, 0.717) is 5.69 Å². The SMILES string of the molecule is CN1Nc2c(N)ncnc2N1[C@@]1(F)CO[C@H](COP(=O)(S)O[C@@H]2C[C@@H](COP(=O)(O)S)S[C@H]2n2nnc3c(=O)[nH]c(N)nc32)C1. The molecule has 20 nitrogen and oxygen atoms in total. The van der Waals surface area contributed by atoms with Crippen LogP contribution in [0.2, 0.25) is 0 Å². The summed E-state index contributed by atoms with van der Waals surface area (Å²) in [5.41, 5.74) is 14.1. The van der Waals surface area contributed by atoms with E-state index >= 15 is 4.39 Å². The number of ether oxygens (including phenoxy) is 1. The van der Waals surface area contributed by atoms with Crippen LogP contribution in [-0.4, -0.2) is 95.1 Å². The lowest BCUT2D eigenvalue weighted by atomic mass is 10.1. The van der Waals surface area contributed by atoms with Crippen molar-refractivity contribution in [1.82, 2.24) is 40.0 Å². The van der Waals surface area contributed by atoms with Gasteiger partial charge < -0.3 is 21.1 Å². The minimum absolute atomic E-state index is 0.0227. The first kappa shape index (κ1) is 32.7. The highest BCUT2D eigenvalue weighted by Crippen LogP contribution is 2.59. The predicted octanol–water partition coefficient (Wildman–Crippen LogP) is 1.11. The average molecular weight is 729 g/mol. The van der Waals surface area contributed by atoms with Gasteiger partial charge in [0.05, 0.1) is 19.3 Å². The molecule has 246 valence electrons. The highest BCUT2D eigenvalue weighted by molar-refractivity contribution is 8.44. The smallest absolute Gasteiger partial charge is 0.382 e. The van der Waals surface area contributed by atoms with E-state index in [1.807, 2.05) is 0 Å². The summed E-state index contributed by atoms with van der Waals surface area (Å²) < 4.78 is 64.5. The molecule has 0 bridgehead atoms. The normalized spacial score (nSPS) is 29.5. The topological polar surface area (TPSA) is 264 Å². The molecule has 0 saturated carbocycles. The van der Waals surface area contributed by atoms with Crippen LogP contribution in [0.4, 0.5) is 27.7 Å². The number of thioether (sulfide) groups is 1. The molecule has 0 aromatic carbocycles. The molecule has 3 aliphatic heterocycles. The number of nitrogens with one attached hydrogen (secondary N) is 2. The van der Waals surface area contributed by atoms with E-state index in [1.165, 1.54) is 32.9 Å². The number of thiol groups is 2. The molecule has 0 aliphatic carbocycles. The third kappa shape index (κ3) is 6.77. The van der Waals surface area contributed by atoms with E-state index in [0.717, 1.165) is 0 Å². The molecule has 3 aliphatic rings. The van der Waals surface area contributed by atoms with Gasteiger partial charge in [-0.1, -0.05) is 29.7 Å². The number of fused-ring (bicyclic) bond motifs is 2. The van der Waals surface area contributed by atoms with E-state index in [1.54, 1.807) is 7.05 Å². The number of alkyl halides is 1. The zero-order valence-electron chi connectivity index (χ0n) is 23.0. The Kier molecular flexibility index (Phi) is 8.78. The Hall–Kier alpha value is -2.24. The maximum Gasteiger partial charge on any atom is 0.386 e. The number of nitrogens with zero attached hydrogens (tertiary/aromatic N) is 8. The van der Waals surface area contributed by atoms with Gasteiger partial charge in [0.15, 0.2) is 22.8 Å². The summed E-state index contributed by atoms with van der Waals surface area (Å²) in [6.07, 6.45) is -0.683. The summed E-state index contributed by atoms with van der Waals surface area (Å²) in [5, 5.41) is 9.19. The Morgan fingerprint density at radius 3 is 2.82 bits per heavy atom. The first-order valence-corrected chi connectivity index (χ1v) is 19.3. The lowest BCUT2D eigenvalue weighted by Gasteiger charge is -2.34. The fourth-order valence-corrected chi connectivity index (χ4v) is 8.88. The summed E-state index contributed by atoms with van der Waals surface area (Å²) >= 11 is 8.83. The molecule has 3 aromatic heterocycles. The molecule has 45 heavy (non-hydrogen) atoms. The van der Waals surface area contributed by atoms with Gasteiger partial charge >= 0.3 is 13.6 Å². The predicted molar refractivity (Wildman–Crippen MR) is 166 cm³/mol. The number of H-pyrrole nitrogens is 1. The van der Waals surface area contributed by atoms with Crippen LogP contribution in [0.15, 0.2) is 11.1 Å². The second-order valence-electron chi connectivity index (χ2n) is 10.2. The van der Waals surface area contributed by atoms with E-state index < -0.39 is 47.8 Å². The van der Waals surface area contributed by atoms with E-state index in [2.05, 4.69) is 60.2 Å². The second-order valence-corrected chi connectivity index (χ2v) is 17.2. The second kappa shape index (κ2) is 12.1. The summed E-state index contributed by atoms with van der Waals surface area (Å²) in [6, 6.07) is 0. The van der Waals surface area contributed by atoms with Crippen LogP contribution in [0.1, 0.15) is 18.2 Å². The molecular formula is C19H27FN12O8P2S3. The minimum Gasteiger partial charge on any atom is -0.382 e. The van der Waals surface area contributed by atoms with Gasteiger partial charge in [-0.05, 0) is 6.42 Å². The Morgan fingerprint density at radius 2 is 2.07 bits per heavy atom. The quantitative estimate of drug-likeness (QED) is 0.0875. The lowest BCUT2D eigenvalue weighted by Crippen LogP contribution is -2.53. The lowest BCUT2D eigenvalue weighted by molar-refractivity contribution is 0.0384. The van der Waals surface area contributed by atoms with Crippen LogP contribution < -0.4 is 27.5 Å². The number of hydrogen-bond acceptors (Lipinski definition) is 18. The van der Waals surface area contributed by atoms with Crippen LogP contribution in [0.3, 0.4) is 0 Å². The van der Waals surface area contributed by atoms with Crippen molar-refractivity contribution >= 4 is 84.3 Å². The molecule has 6 rings (SSSR count). The number of aromatic amines is 1. The van der Waals surface area contributed by atoms with Crippen molar-refractivity contribution in [3.05, 3.63) is 16.7 Å². The van der Waals surface area contributed by atoms with E-state index in [9.17, 15) is 18.8 Å². The van der Waals surface area contributed by atoms with Gasteiger partial charge in [0.2, 0.25) is 11.7 Å². The fraction of sp³-hybridized carbons (Fsp3) is 0.579. The molecular weight excluding hydrogens is 701 g/mol. The molecule has 26 heteroatoms. The molecule has 7 N–H and O–H groups in total. The minimum atomic E-state index is -4.16. The molecule has 3 aromatic rings. The first-order valence-electron chi connectivity index (χ1n) is 13.0. The van der Waals surface area contributed by atoms with Crippen molar-refractivity contribution in [3.63, 3.8) is 0 Å². The third-order valence-corrected chi connectivity index (χ3v) is 10.9. The molecule has 6 heterocycles. The van der Waals surface area contributed by atoms with Crippen molar-refractivity contribution in [2.45, 2.75) is 41.5 Å². The fourth-order valence-electron chi connectivity index (χ4n) is 5.16. The average Bonchev–Trinajstić information content (AvgIpc) is 3.70. The molecule has 0 spiro atoms. The van der Waals surface area contributed by atoms with Crippen molar-refractivity contribution in [1.29, 1.82) is 0 Å². The van der Waals surface area contributed by atoms with Gasteiger partial charge in [-0.3, -0.25) is 28.8 Å². The van der Waals surface area contributed by atoms with Crippen molar-refractivity contribution in [2.24, 2.45) is 0 Å².